The summed E-state index contributed by atoms with van der Waals surface area (Å²) in [6.07, 6.45) is 0.786. The maximum Gasteiger partial charge on any atom is 0.257 e. The van der Waals surface area contributed by atoms with Crippen LogP contribution in [0.3, 0.4) is 0 Å². The van der Waals surface area contributed by atoms with Gasteiger partial charge in [-0.25, -0.2) is 0 Å². The first-order valence-corrected chi connectivity index (χ1v) is 8.05. The van der Waals surface area contributed by atoms with Crippen LogP contribution in [0.25, 0.3) is 4.96 Å². The lowest BCUT2D eigenvalue weighted by atomic mass is 10.1. The molecule has 2 aromatic heterocycles. The average Bonchev–Trinajstić information content (AvgIpc) is 3.08. The minimum atomic E-state index is -0.237. The summed E-state index contributed by atoms with van der Waals surface area (Å²) in [7, 11) is 1.57. The van der Waals surface area contributed by atoms with Crippen LogP contribution < -0.4 is 10.1 Å². The van der Waals surface area contributed by atoms with Crippen molar-refractivity contribution in [1.82, 2.24) is 19.8 Å². The highest BCUT2D eigenvalue weighted by Crippen LogP contribution is 2.21. The fourth-order valence-corrected chi connectivity index (χ4v) is 2.89. The average molecular weight is 331 g/mol. The van der Waals surface area contributed by atoms with Gasteiger partial charge in [0.15, 0.2) is 5.82 Å². The molecule has 0 aliphatic carbocycles. The number of aromatic nitrogens is 4. The Bertz CT molecular complexity index is 839. The molecule has 0 fully saturated rings. The Labute approximate surface area is 137 Å². The van der Waals surface area contributed by atoms with E-state index in [1.54, 1.807) is 35.9 Å². The Balaban J connectivity index is 1.80. The van der Waals surface area contributed by atoms with Crippen LogP contribution in [0.1, 0.15) is 30.0 Å². The van der Waals surface area contributed by atoms with Crippen LogP contribution in [0.4, 0.5) is 5.13 Å². The highest BCUT2D eigenvalue weighted by molar-refractivity contribution is 7.20. The van der Waals surface area contributed by atoms with E-state index in [9.17, 15) is 4.79 Å². The van der Waals surface area contributed by atoms with Crippen LogP contribution in [-0.4, -0.2) is 32.8 Å². The van der Waals surface area contributed by atoms with Gasteiger partial charge in [-0.15, -0.1) is 15.3 Å². The Kier molecular flexibility index (Phi) is 4.24. The zero-order valence-corrected chi connectivity index (χ0v) is 13.9. The van der Waals surface area contributed by atoms with E-state index in [1.165, 1.54) is 11.3 Å². The lowest BCUT2D eigenvalue weighted by Crippen LogP contribution is -2.12. The van der Waals surface area contributed by atoms with Gasteiger partial charge in [0.25, 0.3) is 5.91 Å². The lowest BCUT2D eigenvalue weighted by Gasteiger charge is -2.04. The van der Waals surface area contributed by atoms with Gasteiger partial charge in [-0.2, -0.15) is 4.52 Å². The monoisotopic (exact) mass is 331 g/mol. The number of nitrogens with one attached hydrogen (secondary N) is 1. The maximum atomic E-state index is 12.3. The normalized spacial score (nSPS) is 11.1. The first-order valence-electron chi connectivity index (χ1n) is 7.23. The number of rotatable bonds is 5. The van der Waals surface area contributed by atoms with E-state index >= 15 is 0 Å². The van der Waals surface area contributed by atoms with Gasteiger partial charge in [-0.05, 0) is 24.1 Å². The zero-order chi connectivity index (χ0) is 16.4. The third kappa shape index (κ3) is 3.31. The van der Waals surface area contributed by atoms with E-state index in [1.807, 2.05) is 0 Å². The molecule has 23 heavy (non-hydrogen) atoms. The van der Waals surface area contributed by atoms with Gasteiger partial charge in [0.2, 0.25) is 10.1 Å². The number of nitrogens with zero attached hydrogens (tertiary/aromatic N) is 4. The summed E-state index contributed by atoms with van der Waals surface area (Å²) in [6, 6.07) is 6.97. The molecule has 1 N–H and O–H groups in total. The summed E-state index contributed by atoms with van der Waals surface area (Å²) >= 11 is 1.29. The fraction of sp³-hybridized carbons (Fsp3) is 0.333. The number of carbonyl (C=O) groups is 1. The van der Waals surface area contributed by atoms with Gasteiger partial charge < -0.3 is 4.74 Å². The molecule has 0 aliphatic rings. The maximum absolute atomic E-state index is 12.3. The van der Waals surface area contributed by atoms with Gasteiger partial charge in [0, 0.05) is 12.0 Å². The van der Waals surface area contributed by atoms with Crippen LogP contribution in [-0.2, 0) is 6.42 Å². The van der Waals surface area contributed by atoms with Crippen molar-refractivity contribution in [2.45, 2.75) is 20.3 Å². The first-order chi connectivity index (χ1) is 11.1. The topological polar surface area (TPSA) is 81.4 Å². The highest BCUT2D eigenvalue weighted by atomic mass is 32.1. The molecule has 0 radical (unpaired) electrons. The van der Waals surface area contributed by atoms with E-state index in [0.717, 1.165) is 12.2 Å². The minimum Gasteiger partial charge on any atom is -0.497 e. The Hall–Kier alpha value is -2.48. The van der Waals surface area contributed by atoms with Gasteiger partial charge in [-0.3, -0.25) is 10.1 Å². The summed E-state index contributed by atoms with van der Waals surface area (Å²) in [5.41, 5.74) is 0.512. The quantitative estimate of drug-likeness (QED) is 0.777. The summed E-state index contributed by atoms with van der Waals surface area (Å²) in [6.45, 7) is 4.22. The molecule has 3 aromatic rings. The number of methoxy groups -OCH3 is 1. The van der Waals surface area contributed by atoms with E-state index in [-0.39, 0.29) is 5.91 Å². The fourth-order valence-electron chi connectivity index (χ4n) is 2.13. The van der Waals surface area contributed by atoms with Crippen molar-refractivity contribution in [3.63, 3.8) is 0 Å². The molecular weight excluding hydrogens is 314 g/mol. The molecule has 7 nitrogen and oxygen atoms in total. The van der Waals surface area contributed by atoms with Gasteiger partial charge in [-0.1, -0.05) is 31.3 Å². The van der Waals surface area contributed by atoms with Crippen LogP contribution >= 0.6 is 11.3 Å². The number of hydrogen-bond donors (Lipinski definition) is 1. The molecule has 0 saturated carbocycles. The van der Waals surface area contributed by atoms with Crippen molar-refractivity contribution >= 4 is 27.3 Å². The van der Waals surface area contributed by atoms with Crippen LogP contribution in [0.5, 0.6) is 5.75 Å². The van der Waals surface area contributed by atoms with Crippen molar-refractivity contribution in [1.29, 1.82) is 0 Å². The van der Waals surface area contributed by atoms with E-state index in [0.29, 0.717) is 27.3 Å². The molecule has 2 heterocycles. The van der Waals surface area contributed by atoms with E-state index < -0.39 is 0 Å². The molecule has 1 amide bonds. The smallest absolute Gasteiger partial charge is 0.257 e. The second-order valence-electron chi connectivity index (χ2n) is 5.50. The number of carbonyl (C=O) groups excluding carboxylic acids is 1. The third-order valence-electron chi connectivity index (χ3n) is 3.20. The van der Waals surface area contributed by atoms with Crippen LogP contribution in [0.15, 0.2) is 24.3 Å². The predicted octanol–water partition coefficient (Wildman–Crippen LogP) is 2.65. The van der Waals surface area contributed by atoms with Gasteiger partial charge >= 0.3 is 0 Å². The molecule has 0 aliphatic heterocycles. The number of benzene rings is 1. The number of fused-ring (bicyclic) bond motifs is 1. The molecule has 0 unspecified atom stereocenters. The molecule has 1 aromatic carbocycles. The molecular formula is C15H17N5O2S. The zero-order valence-electron chi connectivity index (χ0n) is 13.1. The number of hydrogen-bond acceptors (Lipinski definition) is 6. The standard InChI is InChI=1S/C15H17N5O2S/c1-9(2)7-12-17-18-15-20(12)19-14(23-15)16-13(21)10-5-4-6-11(8-10)22-3/h4-6,8-9H,7H2,1-3H3,(H,16,19,21). The lowest BCUT2D eigenvalue weighted by molar-refractivity contribution is 0.102. The number of amides is 1. The van der Waals surface area contributed by atoms with Crippen molar-refractivity contribution < 1.29 is 9.53 Å². The second-order valence-corrected chi connectivity index (χ2v) is 6.46. The molecule has 0 bridgehead atoms. The first kappa shape index (κ1) is 15.4. The Morgan fingerprint density at radius 1 is 1.39 bits per heavy atom. The van der Waals surface area contributed by atoms with Crippen molar-refractivity contribution in [3.8, 4) is 5.75 Å². The van der Waals surface area contributed by atoms with Crippen molar-refractivity contribution in [3.05, 3.63) is 35.7 Å². The number of anilines is 1. The summed E-state index contributed by atoms with van der Waals surface area (Å²) in [5.74, 6) is 1.65. The molecule has 0 spiro atoms. The van der Waals surface area contributed by atoms with Gasteiger partial charge in [0.1, 0.15) is 5.75 Å². The van der Waals surface area contributed by atoms with Crippen LogP contribution in [0.2, 0.25) is 0 Å². The summed E-state index contributed by atoms with van der Waals surface area (Å²) < 4.78 is 6.81. The number of ether oxygens (including phenoxy) is 1. The van der Waals surface area contributed by atoms with E-state index in [2.05, 4.69) is 34.5 Å². The van der Waals surface area contributed by atoms with E-state index in [4.69, 9.17) is 4.74 Å². The predicted molar refractivity (Wildman–Crippen MR) is 88.1 cm³/mol. The van der Waals surface area contributed by atoms with Gasteiger partial charge in [0.05, 0.1) is 7.11 Å². The minimum absolute atomic E-state index is 0.237. The summed E-state index contributed by atoms with van der Waals surface area (Å²) in [5, 5.41) is 15.9. The Morgan fingerprint density at radius 3 is 2.96 bits per heavy atom. The molecule has 0 saturated heterocycles. The molecule has 120 valence electrons. The highest BCUT2D eigenvalue weighted by Gasteiger charge is 2.15. The largest absolute Gasteiger partial charge is 0.497 e. The van der Waals surface area contributed by atoms with Crippen molar-refractivity contribution in [2.75, 3.05) is 12.4 Å². The summed E-state index contributed by atoms with van der Waals surface area (Å²) in [4.78, 5) is 13.0. The molecule has 3 rings (SSSR count). The van der Waals surface area contributed by atoms with Crippen LogP contribution in [0, 0.1) is 5.92 Å². The SMILES string of the molecule is COc1cccc(C(=O)Nc2nn3c(CC(C)C)nnc3s2)c1. The van der Waals surface area contributed by atoms with Crippen molar-refractivity contribution in [2.24, 2.45) is 5.92 Å². The molecule has 8 heteroatoms. The molecule has 0 atom stereocenters. The third-order valence-corrected chi connectivity index (χ3v) is 4.01. The Morgan fingerprint density at radius 2 is 2.22 bits per heavy atom. The second kappa shape index (κ2) is 6.33.